The summed E-state index contributed by atoms with van der Waals surface area (Å²) in [5.41, 5.74) is 5.87. The maximum absolute atomic E-state index is 9.02. The van der Waals surface area contributed by atoms with Gasteiger partial charge in [0.15, 0.2) is 0 Å². The molecule has 0 fully saturated rings. The summed E-state index contributed by atoms with van der Waals surface area (Å²) in [6, 6.07) is 5.46. The molecule has 0 aliphatic rings. The van der Waals surface area contributed by atoms with Crippen molar-refractivity contribution in [1.29, 1.82) is 0 Å². The molecule has 1 unspecified atom stereocenters. The van der Waals surface area contributed by atoms with E-state index in [9.17, 15) is 0 Å². The molecule has 0 amide bonds. The first-order valence-corrected chi connectivity index (χ1v) is 4.27. The van der Waals surface area contributed by atoms with Crippen LogP contribution in [0.5, 0.6) is 0 Å². The van der Waals surface area contributed by atoms with Crippen molar-refractivity contribution in [2.75, 3.05) is 13.2 Å². The van der Waals surface area contributed by atoms with Gasteiger partial charge in [-0.05, 0) is 12.1 Å². The fraction of sp³-hybridized carbons (Fsp3) is 0.333. The van der Waals surface area contributed by atoms with Crippen LogP contribution in [0.25, 0.3) is 0 Å². The molecular weight excluding hydrogens is 182 g/mol. The van der Waals surface area contributed by atoms with Crippen LogP contribution >= 0.6 is 0 Å². The van der Waals surface area contributed by atoms with Crippen LogP contribution in [0.4, 0.5) is 0 Å². The molecule has 76 valence electrons. The number of aliphatic hydroxyl groups excluding tert-OH is 1. The Kier molecular flexibility index (Phi) is 4.60. The van der Waals surface area contributed by atoms with Crippen LogP contribution in [-0.4, -0.2) is 35.6 Å². The Morgan fingerprint density at radius 2 is 2.50 bits per heavy atom. The zero-order chi connectivity index (χ0) is 10.2. The Hall–Kier alpha value is -1.46. The molecule has 3 N–H and O–H groups in total. The summed E-state index contributed by atoms with van der Waals surface area (Å²) in [5, 5.41) is 12.6. The van der Waals surface area contributed by atoms with E-state index < -0.39 is 6.10 Å². The van der Waals surface area contributed by atoms with Gasteiger partial charge >= 0.3 is 0 Å². The molecule has 5 heteroatoms. The monoisotopic (exact) mass is 195 g/mol. The minimum atomic E-state index is -0.670. The van der Waals surface area contributed by atoms with Gasteiger partial charge in [0.1, 0.15) is 12.7 Å². The fourth-order valence-corrected chi connectivity index (χ4v) is 0.741. The van der Waals surface area contributed by atoms with Crippen molar-refractivity contribution in [3.63, 3.8) is 0 Å². The van der Waals surface area contributed by atoms with Gasteiger partial charge in [0.2, 0.25) is 0 Å². The van der Waals surface area contributed by atoms with Gasteiger partial charge in [0, 0.05) is 12.7 Å². The lowest BCUT2D eigenvalue weighted by Crippen LogP contribution is -2.24. The molecule has 0 aliphatic heterocycles. The van der Waals surface area contributed by atoms with Crippen molar-refractivity contribution in [3.8, 4) is 0 Å². The summed E-state index contributed by atoms with van der Waals surface area (Å²) in [5.74, 6) is 0. The van der Waals surface area contributed by atoms with Crippen LogP contribution in [0, 0.1) is 0 Å². The van der Waals surface area contributed by atoms with E-state index in [0.717, 1.165) is 0 Å². The molecule has 0 aliphatic carbocycles. The van der Waals surface area contributed by atoms with E-state index in [1.807, 2.05) is 12.1 Å². The second kappa shape index (κ2) is 6.06. The molecular formula is C9H13N3O2. The zero-order valence-electron chi connectivity index (χ0n) is 7.71. The van der Waals surface area contributed by atoms with Crippen molar-refractivity contribution >= 4 is 6.21 Å². The van der Waals surface area contributed by atoms with E-state index in [-0.39, 0.29) is 13.2 Å². The second-order valence-electron chi connectivity index (χ2n) is 2.67. The third-order valence-electron chi connectivity index (χ3n) is 1.49. The third kappa shape index (κ3) is 3.97. The van der Waals surface area contributed by atoms with Gasteiger partial charge in [-0.2, -0.15) is 0 Å². The maximum atomic E-state index is 9.02. The molecule has 1 rings (SSSR count). The van der Waals surface area contributed by atoms with E-state index in [1.54, 1.807) is 12.3 Å². The highest BCUT2D eigenvalue weighted by Crippen LogP contribution is 1.89. The lowest BCUT2D eigenvalue weighted by atomic mass is 10.4. The second-order valence-corrected chi connectivity index (χ2v) is 2.67. The fourth-order valence-electron chi connectivity index (χ4n) is 0.741. The van der Waals surface area contributed by atoms with E-state index in [1.165, 1.54) is 6.21 Å². The number of nitrogens with two attached hydrogens (primary N) is 1. The highest BCUT2D eigenvalue weighted by atomic mass is 16.6. The highest BCUT2D eigenvalue weighted by Gasteiger charge is 1.98. The Labute approximate surface area is 82.2 Å². The number of pyridine rings is 1. The van der Waals surface area contributed by atoms with Gasteiger partial charge in [-0.15, -0.1) is 0 Å². The van der Waals surface area contributed by atoms with Crippen LogP contribution in [0.15, 0.2) is 29.6 Å². The van der Waals surface area contributed by atoms with Gasteiger partial charge in [-0.25, -0.2) is 0 Å². The summed E-state index contributed by atoms with van der Waals surface area (Å²) in [7, 11) is 0. The Morgan fingerprint density at radius 3 is 3.14 bits per heavy atom. The predicted octanol–water partition coefficient (Wildman–Crippen LogP) is -0.248. The summed E-state index contributed by atoms with van der Waals surface area (Å²) >= 11 is 0. The van der Waals surface area contributed by atoms with E-state index >= 15 is 0 Å². The Bertz CT molecular complexity index is 277. The van der Waals surface area contributed by atoms with Gasteiger partial charge in [-0.1, -0.05) is 11.2 Å². The minimum absolute atomic E-state index is 0.0971. The first-order chi connectivity index (χ1) is 6.83. The van der Waals surface area contributed by atoms with Gasteiger partial charge < -0.3 is 15.7 Å². The topological polar surface area (TPSA) is 80.7 Å². The van der Waals surface area contributed by atoms with Crippen molar-refractivity contribution < 1.29 is 9.94 Å². The van der Waals surface area contributed by atoms with Crippen molar-refractivity contribution in [2.24, 2.45) is 10.9 Å². The van der Waals surface area contributed by atoms with Crippen molar-refractivity contribution in [2.45, 2.75) is 6.10 Å². The maximum Gasteiger partial charge on any atom is 0.144 e. The first-order valence-electron chi connectivity index (χ1n) is 4.27. The van der Waals surface area contributed by atoms with Crippen LogP contribution in [0.3, 0.4) is 0 Å². The predicted molar refractivity (Wildman–Crippen MR) is 52.8 cm³/mol. The van der Waals surface area contributed by atoms with Crippen molar-refractivity contribution in [3.05, 3.63) is 30.1 Å². The normalized spacial score (nSPS) is 13.0. The standard InChI is InChI=1S/C9H13N3O2/c10-5-9(13)7-14-12-6-8-3-1-2-4-11-8/h1-4,6,9,13H,5,7,10H2. The number of aromatic nitrogens is 1. The molecule has 1 atom stereocenters. The number of hydrogen-bond donors (Lipinski definition) is 2. The minimum Gasteiger partial charge on any atom is -0.393 e. The van der Waals surface area contributed by atoms with E-state index in [2.05, 4.69) is 10.1 Å². The number of hydrogen-bond acceptors (Lipinski definition) is 5. The first kappa shape index (κ1) is 10.6. The Morgan fingerprint density at radius 1 is 1.64 bits per heavy atom. The molecule has 0 saturated carbocycles. The van der Waals surface area contributed by atoms with Crippen LogP contribution in [0.2, 0.25) is 0 Å². The average molecular weight is 195 g/mol. The van der Waals surface area contributed by atoms with Gasteiger partial charge in [0.25, 0.3) is 0 Å². The largest absolute Gasteiger partial charge is 0.393 e. The zero-order valence-corrected chi connectivity index (χ0v) is 7.71. The molecule has 0 aromatic carbocycles. The molecule has 14 heavy (non-hydrogen) atoms. The lowest BCUT2D eigenvalue weighted by Gasteiger charge is -2.03. The van der Waals surface area contributed by atoms with E-state index in [0.29, 0.717) is 5.69 Å². The number of rotatable bonds is 5. The Balaban J connectivity index is 2.28. The SMILES string of the molecule is NCC(O)CON=Cc1ccccn1. The molecule has 1 aromatic heterocycles. The molecule has 1 aromatic rings. The summed E-state index contributed by atoms with van der Waals surface area (Å²) in [6.45, 7) is 0.263. The molecule has 5 nitrogen and oxygen atoms in total. The van der Waals surface area contributed by atoms with Crippen LogP contribution in [0.1, 0.15) is 5.69 Å². The molecule has 0 spiro atoms. The molecule has 0 radical (unpaired) electrons. The van der Waals surface area contributed by atoms with Crippen LogP contribution < -0.4 is 5.73 Å². The average Bonchev–Trinajstić information content (AvgIpc) is 2.25. The van der Waals surface area contributed by atoms with Crippen LogP contribution in [-0.2, 0) is 4.84 Å². The van der Waals surface area contributed by atoms with Crippen molar-refractivity contribution in [1.82, 2.24) is 4.98 Å². The third-order valence-corrected chi connectivity index (χ3v) is 1.49. The smallest absolute Gasteiger partial charge is 0.144 e. The highest BCUT2D eigenvalue weighted by molar-refractivity contribution is 5.76. The summed E-state index contributed by atoms with van der Waals surface area (Å²) in [6.07, 6.45) is 2.47. The lowest BCUT2D eigenvalue weighted by molar-refractivity contribution is 0.0456. The number of nitrogens with zero attached hydrogens (tertiary/aromatic N) is 2. The van der Waals surface area contributed by atoms with Gasteiger partial charge in [-0.3, -0.25) is 4.98 Å². The quantitative estimate of drug-likeness (QED) is 0.501. The molecule has 0 saturated heterocycles. The number of oxime groups is 1. The summed E-state index contributed by atoms with van der Waals surface area (Å²) in [4.78, 5) is 8.79. The molecule has 0 bridgehead atoms. The van der Waals surface area contributed by atoms with E-state index in [4.69, 9.17) is 15.7 Å². The number of aliphatic hydroxyl groups is 1. The van der Waals surface area contributed by atoms with Gasteiger partial charge in [0.05, 0.1) is 11.9 Å². The molecule has 1 heterocycles. The summed E-state index contributed by atoms with van der Waals surface area (Å²) < 4.78 is 0.